The zero-order chi connectivity index (χ0) is 25.4. The Bertz CT molecular complexity index is 371. The molecule has 0 saturated heterocycles. The summed E-state index contributed by atoms with van der Waals surface area (Å²) in [4.78, 5) is 0. The van der Waals surface area contributed by atoms with Crippen LogP contribution in [0.25, 0.3) is 0 Å². The molecule has 0 aliphatic carbocycles. The van der Waals surface area contributed by atoms with Gasteiger partial charge in [0.15, 0.2) is 0 Å². The smallest absolute Gasteiger partial charge is 0.0824 e. The third-order valence-corrected chi connectivity index (χ3v) is 2.54. The summed E-state index contributed by atoms with van der Waals surface area (Å²) in [5.41, 5.74) is 2.13. The Balaban J connectivity index is -0.0000000393. The second kappa shape index (κ2) is 56.9. The van der Waals surface area contributed by atoms with Crippen molar-refractivity contribution in [3.63, 3.8) is 0 Å². The Morgan fingerprint density at radius 1 is 0.500 bits per heavy atom. The SMILES string of the molecule is C.C.CC.CC.CC.CC.CC.CC.CCc1cn(CC)nn1.CCc1cn(CC)nn1. The van der Waals surface area contributed by atoms with Gasteiger partial charge in [0.2, 0.25) is 0 Å². The summed E-state index contributed by atoms with van der Waals surface area (Å²) >= 11 is 0. The van der Waals surface area contributed by atoms with Gasteiger partial charge in [-0.15, -0.1) is 10.2 Å². The lowest BCUT2D eigenvalue weighted by atomic mass is 10.4. The van der Waals surface area contributed by atoms with E-state index in [1.807, 2.05) is 119 Å². The van der Waals surface area contributed by atoms with E-state index in [9.17, 15) is 0 Å². The minimum Gasteiger partial charge on any atom is -0.253 e. The van der Waals surface area contributed by atoms with Gasteiger partial charge in [-0.1, -0.05) is 122 Å². The van der Waals surface area contributed by atoms with Gasteiger partial charge in [0.05, 0.1) is 11.4 Å². The van der Waals surface area contributed by atoms with E-state index in [0.717, 1.165) is 37.3 Å². The highest BCUT2D eigenvalue weighted by molar-refractivity contribution is 4.90. The quantitative estimate of drug-likeness (QED) is 0.454. The number of rotatable bonds is 4. The van der Waals surface area contributed by atoms with Crippen molar-refractivity contribution in [1.82, 2.24) is 30.0 Å². The lowest BCUT2D eigenvalue weighted by Gasteiger charge is -1.86. The molecule has 0 bridgehead atoms. The van der Waals surface area contributed by atoms with Crippen LogP contribution in [0.4, 0.5) is 0 Å². The Morgan fingerprint density at radius 3 is 0.812 bits per heavy atom. The van der Waals surface area contributed by atoms with Gasteiger partial charge in [-0.2, -0.15) is 0 Å². The van der Waals surface area contributed by atoms with Crippen LogP contribution in [0, 0.1) is 0 Å². The van der Waals surface area contributed by atoms with E-state index in [-0.39, 0.29) is 14.9 Å². The van der Waals surface area contributed by atoms with Crippen molar-refractivity contribution in [3.05, 3.63) is 23.8 Å². The maximum atomic E-state index is 3.92. The molecule has 200 valence electrons. The largest absolute Gasteiger partial charge is 0.253 e. The van der Waals surface area contributed by atoms with Gasteiger partial charge in [-0.3, -0.25) is 9.36 Å². The molecule has 2 aromatic heterocycles. The van der Waals surface area contributed by atoms with E-state index < -0.39 is 0 Å². The van der Waals surface area contributed by atoms with Crippen LogP contribution in [0.5, 0.6) is 0 Å². The molecule has 0 aliphatic rings. The minimum absolute atomic E-state index is 0. The van der Waals surface area contributed by atoms with Crippen LogP contribution >= 0.6 is 0 Å². The van der Waals surface area contributed by atoms with E-state index in [1.165, 1.54) is 0 Å². The summed E-state index contributed by atoms with van der Waals surface area (Å²) in [5.74, 6) is 0. The topological polar surface area (TPSA) is 61.4 Å². The number of hydrogen-bond donors (Lipinski definition) is 0. The first-order chi connectivity index (χ1) is 14.7. The summed E-state index contributed by atoms with van der Waals surface area (Å²) in [6.07, 6.45) is 5.89. The first-order valence-corrected chi connectivity index (χ1v) is 12.5. The predicted molar refractivity (Wildman–Crippen MR) is 152 cm³/mol. The molecule has 0 aliphatic heterocycles. The highest BCUT2D eigenvalue weighted by atomic mass is 15.4. The van der Waals surface area contributed by atoms with Gasteiger partial charge in [-0.25, -0.2) is 0 Å². The number of hydrogen-bond acceptors (Lipinski definition) is 4. The molecule has 0 spiro atoms. The molecule has 2 aromatic rings. The van der Waals surface area contributed by atoms with Crippen molar-refractivity contribution in [3.8, 4) is 0 Å². The molecule has 0 radical (unpaired) electrons. The third kappa shape index (κ3) is 35.7. The maximum Gasteiger partial charge on any atom is 0.0824 e. The predicted octanol–water partition coefficient (Wildman–Crippen LogP) is 9.15. The average Bonchev–Trinajstić information content (AvgIpc) is 3.56. The molecule has 6 heteroatoms. The fraction of sp³-hybridized carbons (Fsp3) is 0.846. The van der Waals surface area contributed by atoms with Gasteiger partial charge in [0.25, 0.3) is 0 Å². The van der Waals surface area contributed by atoms with Crippen LogP contribution in [0.1, 0.15) is 137 Å². The molecular weight excluding hydrogens is 396 g/mol. The standard InChI is InChI=1S/2C6H11N3.6C2H6.2CH4/c2*1-3-6-5-9(4-2)8-7-6;6*1-2;;/h2*5H,3-4H2,1-2H3;6*1-2H3;2*1H4. The second-order valence-corrected chi connectivity index (χ2v) is 3.84. The van der Waals surface area contributed by atoms with E-state index in [1.54, 1.807) is 0 Å². The Hall–Kier alpha value is -1.72. The highest BCUT2D eigenvalue weighted by Crippen LogP contribution is 1.92. The molecule has 0 aromatic carbocycles. The number of aromatic nitrogens is 6. The Kier molecular flexibility index (Phi) is 93.0. The first-order valence-electron chi connectivity index (χ1n) is 12.5. The van der Waals surface area contributed by atoms with Gasteiger partial charge >= 0.3 is 0 Å². The van der Waals surface area contributed by atoms with E-state index in [0.29, 0.717) is 0 Å². The van der Waals surface area contributed by atoms with Crippen molar-refractivity contribution in [1.29, 1.82) is 0 Å². The molecule has 0 unspecified atom stereocenters. The summed E-state index contributed by atoms with van der Waals surface area (Å²) in [7, 11) is 0. The molecular formula is C26H66N6. The average molecular weight is 463 g/mol. The Morgan fingerprint density at radius 2 is 0.719 bits per heavy atom. The van der Waals surface area contributed by atoms with Crippen LogP contribution < -0.4 is 0 Å². The monoisotopic (exact) mass is 463 g/mol. The molecule has 0 amide bonds. The van der Waals surface area contributed by atoms with Crippen molar-refractivity contribution in [2.75, 3.05) is 0 Å². The molecule has 6 nitrogen and oxygen atoms in total. The Labute approximate surface area is 205 Å². The summed E-state index contributed by atoms with van der Waals surface area (Å²) in [6, 6.07) is 0. The maximum absolute atomic E-state index is 3.92. The van der Waals surface area contributed by atoms with Crippen LogP contribution in [-0.4, -0.2) is 30.0 Å². The van der Waals surface area contributed by atoms with Crippen LogP contribution in [0.15, 0.2) is 12.4 Å². The first kappa shape index (κ1) is 52.3. The summed E-state index contributed by atoms with van der Waals surface area (Å²) < 4.78 is 3.66. The lowest BCUT2D eigenvalue weighted by Crippen LogP contribution is -1.93. The van der Waals surface area contributed by atoms with Gasteiger partial charge in [0, 0.05) is 25.5 Å². The zero-order valence-electron chi connectivity index (χ0n) is 23.7. The molecule has 0 N–H and O–H groups in total. The molecule has 0 atom stereocenters. The van der Waals surface area contributed by atoms with Crippen molar-refractivity contribution < 1.29 is 0 Å². The van der Waals surface area contributed by atoms with E-state index in [4.69, 9.17) is 0 Å². The van der Waals surface area contributed by atoms with E-state index in [2.05, 4.69) is 34.5 Å². The molecule has 0 fully saturated rings. The normalized spacial score (nSPS) is 6.75. The number of aryl methyl sites for hydroxylation is 4. The van der Waals surface area contributed by atoms with Crippen LogP contribution in [0.3, 0.4) is 0 Å². The van der Waals surface area contributed by atoms with Crippen molar-refractivity contribution in [2.45, 2.75) is 152 Å². The molecule has 2 heterocycles. The highest BCUT2D eigenvalue weighted by Gasteiger charge is 1.93. The lowest BCUT2D eigenvalue weighted by molar-refractivity contribution is 0.626. The van der Waals surface area contributed by atoms with Crippen molar-refractivity contribution in [2.24, 2.45) is 0 Å². The minimum atomic E-state index is 0. The van der Waals surface area contributed by atoms with Crippen LogP contribution in [0.2, 0.25) is 0 Å². The molecule has 32 heavy (non-hydrogen) atoms. The summed E-state index contributed by atoms with van der Waals surface area (Å²) in [5, 5.41) is 15.6. The zero-order valence-corrected chi connectivity index (χ0v) is 23.7. The fourth-order valence-electron chi connectivity index (χ4n) is 1.31. The van der Waals surface area contributed by atoms with Gasteiger partial charge in [0.1, 0.15) is 0 Å². The van der Waals surface area contributed by atoms with Crippen LogP contribution in [-0.2, 0) is 25.9 Å². The summed E-state index contributed by atoms with van der Waals surface area (Å²) in [6.45, 7) is 34.1. The number of nitrogens with zero attached hydrogens (tertiary/aromatic N) is 6. The third-order valence-electron chi connectivity index (χ3n) is 2.54. The van der Waals surface area contributed by atoms with Crippen molar-refractivity contribution >= 4 is 0 Å². The van der Waals surface area contributed by atoms with E-state index >= 15 is 0 Å². The van der Waals surface area contributed by atoms with Gasteiger partial charge in [-0.05, 0) is 26.7 Å². The molecule has 2 rings (SSSR count). The molecule has 0 saturated carbocycles. The fourth-order valence-corrected chi connectivity index (χ4v) is 1.31. The van der Waals surface area contributed by atoms with Gasteiger partial charge < -0.3 is 0 Å². The second-order valence-electron chi connectivity index (χ2n) is 3.84.